The van der Waals surface area contributed by atoms with Crippen LogP contribution >= 0.6 is 11.3 Å². The zero-order valence-corrected chi connectivity index (χ0v) is 19.4. The number of aromatic nitrogens is 1. The molecule has 2 aromatic carbocycles. The smallest absolute Gasteiger partial charge is 0.254 e. The Morgan fingerprint density at radius 1 is 1.13 bits per heavy atom. The monoisotopic (exact) mass is 438 g/mol. The minimum Gasteiger partial charge on any atom is -0.486 e. The van der Waals surface area contributed by atoms with E-state index in [0.29, 0.717) is 37.8 Å². The third kappa shape index (κ3) is 6.15. The van der Waals surface area contributed by atoms with Crippen molar-refractivity contribution in [1.29, 1.82) is 0 Å². The van der Waals surface area contributed by atoms with Crippen molar-refractivity contribution >= 4 is 17.2 Å². The number of thiazole rings is 1. The molecule has 164 valence electrons. The summed E-state index contributed by atoms with van der Waals surface area (Å²) >= 11 is 1.55. The second-order valence-corrected chi connectivity index (χ2v) is 8.69. The van der Waals surface area contributed by atoms with Crippen molar-refractivity contribution in [3.63, 3.8) is 0 Å². The van der Waals surface area contributed by atoms with Gasteiger partial charge in [-0.15, -0.1) is 11.3 Å². The average molecular weight is 439 g/mol. The molecule has 3 aromatic rings. The Labute approximate surface area is 188 Å². The van der Waals surface area contributed by atoms with Crippen molar-refractivity contribution < 1.29 is 14.3 Å². The molecular weight excluding hydrogens is 408 g/mol. The normalized spacial score (nSPS) is 11.0. The fourth-order valence-corrected chi connectivity index (χ4v) is 4.05. The molecule has 1 heterocycles. The molecule has 0 aliphatic rings. The molecule has 1 aromatic heterocycles. The van der Waals surface area contributed by atoms with E-state index in [1.807, 2.05) is 54.8 Å². The van der Waals surface area contributed by atoms with E-state index in [0.717, 1.165) is 22.0 Å². The van der Waals surface area contributed by atoms with Gasteiger partial charge in [-0.2, -0.15) is 0 Å². The van der Waals surface area contributed by atoms with Crippen LogP contribution in [0.1, 0.15) is 52.0 Å². The van der Waals surface area contributed by atoms with E-state index in [4.69, 9.17) is 14.5 Å². The molecule has 0 aliphatic carbocycles. The van der Waals surface area contributed by atoms with Gasteiger partial charge in [0.15, 0.2) is 0 Å². The standard InChI is InChI=1S/C25H30N2O3S/c1-18(2)21-10-7-8-12-23(21)30-16-24-26-20(17-31-24)15-27(13-14-29-4)25(28)22-11-6-5-9-19(22)3/h5-12,17-18H,13-16H2,1-4H3. The predicted molar refractivity (Wildman–Crippen MR) is 125 cm³/mol. The number of aryl methyl sites for hydroxylation is 1. The zero-order chi connectivity index (χ0) is 22.2. The van der Waals surface area contributed by atoms with Gasteiger partial charge in [-0.25, -0.2) is 4.98 Å². The minimum absolute atomic E-state index is 0.00758. The summed E-state index contributed by atoms with van der Waals surface area (Å²) in [5, 5.41) is 2.89. The molecule has 31 heavy (non-hydrogen) atoms. The lowest BCUT2D eigenvalue weighted by Gasteiger charge is -2.22. The highest BCUT2D eigenvalue weighted by molar-refractivity contribution is 7.09. The van der Waals surface area contributed by atoms with Crippen LogP contribution in [0.4, 0.5) is 0 Å². The van der Waals surface area contributed by atoms with Gasteiger partial charge in [0.2, 0.25) is 0 Å². The second-order valence-electron chi connectivity index (χ2n) is 7.75. The molecule has 0 spiro atoms. The Bertz CT molecular complexity index is 1000. The summed E-state index contributed by atoms with van der Waals surface area (Å²) in [5.41, 5.74) is 3.72. The lowest BCUT2D eigenvalue weighted by molar-refractivity contribution is 0.0677. The van der Waals surface area contributed by atoms with E-state index in [2.05, 4.69) is 19.9 Å². The Hall–Kier alpha value is -2.70. The Balaban J connectivity index is 1.68. The molecule has 3 rings (SSSR count). The minimum atomic E-state index is -0.00758. The molecule has 6 heteroatoms. The third-order valence-electron chi connectivity index (χ3n) is 5.07. The molecule has 0 radical (unpaired) electrons. The van der Waals surface area contributed by atoms with Crippen LogP contribution in [0.5, 0.6) is 5.75 Å². The molecule has 0 atom stereocenters. The van der Waals surface area contributed by atoms with Crippen LogP contribution in [0.15, 0.2) is 53.9 Å². The topological polar surface area (TPSA) is 51.7 Å². The van der Waals surface area contributed by atoms with Gasteiger partial charge in [-0.05, 0) is 36.1 Å². The SMILES string of the molecule is COCCN(Cc1csc(COc2ccccc2C(C)C)n1)C(=O)c1ccccc1C. The molecule has 0 unspecified atom stereocenters. The van der Waals surface area contributed by atoms with Crippen LogP contribution < -0.4 is 4.74 Å². The van der Waals surface area contributed by atoms with Crippen molar-refractivity contribution in [2.45, 2.75) is 39.8 Å². The van der Waals surface area contributed by atoms with Gasteiger partial charge in [0.05, 0.1) is 18.8 Å². The van der Waals surface area contributed by atoms with E-state index < -0.39 is 0 Å². The van der Waals surface area contributed by atoms with Gasteiger partial charge in [0, 0.05) is 24.6 Å². The van der Waals surface area contributed by atoms with Crippen molar-refractivity contribution in [2.24, 2.45) is 0 Å². The van der Waals surface area contributed by atoms with Gasteiger partial charge >= 0.3 is 0 Å². The maximum absolute atomic E-state index is 13.1. The number of rotatable bonds is 10. The number of para-hydroxylation sites is 1. The predicted octanol–water partition coefficient (Wildman–Crippen LogP) is 5.44. The van der Waals surface area contributed by atoms with E-state index in [9.17, 15) is 4.79 Å². The Kier molecular flexibility index (Phi) is 8.20. The van der Waals surface area contributed by atoms with E-state index in [1.165, 1.54) is 5.56 Å². The first-order valence-corrected chi connectivity index (χ1v) is 11.4. The summed E-state index contributed by atoms with van der Waals surface area (Å²) in [7, 11) is 1.64. The van der Waals surface area contributed by atoms with Crippen LogP contribution in [0.3, 0.4) is 0 Å². The molecule has 0 bridgehead atoms. The molecule has 0 N–H and O–H groups in total. The number of benzene rings is 2. The third-order valence-corrected chi connectivity index (χ3v) is 5.94. The highest BCUT2D eigenvalue weighted by Crippen LogP contribution is 2.27. The average Bonchev–Trinajstić information content (AvgIpc) is 3.22. The molecule has 0 saturated heterocycles. The fraction of sp³-hybridized carbons (Fsp3) is 0.360. The van der Waals surface area contributed by atoms with Crippen molar-refractivity contribution in [3.8, 4) is 5.75 Å². The highest BCUT2D eigenvalue weighted by atomic mass is 32.1. The van der Waals surface area contributed by atoms with Gasteiger partial charge in [0.25, 0.3) is 5.91 Å². The lowest BCUT2D eigenvalue weighted by Crippen LogP contribution is -2.34. The van der Waals surface area contributed by atoms with Crippen LogP contribution in [-0.2, 0) is 17.9 Å². The Morgan fingerprint density at radius 3 is 2.61 bits per heavy atom. The summed E-state index contributed by atoms with van der Waals surface area (Å²) in [5.74, 6) is 1.28. The molecule has 0 aliphatic heterocycles. The van der Waals surface area contributed by atoms with Crippen molar-refractivity contribution in [1.82, 2.24) is 9.88 Å². The van der Waals surface area contributed by atoms with E-state index in [1.54, 1.807) is 23.3 Å². The van der Waals surface area contributed by atoms with Gasteiger partial charge < -0.3 is 14.4 Å². The van der Waals surface area contributed by atoms with Crippen molar-refractivity contribution in [3.05, 3.63) is 81.3 Å². The maximum Gasteiger partial charge on any atom is 0.254 e. The number of carbonyl (C=O) groups excluding carboxylic acids is 1. The second kappa shape index (κ2) is 11.1. The first kappa shape index (κ1) is 23.0. The zero-order valence-electron chi connectivity index (χ0n) is 18.6. The number of amides is 1. The van der Waals surface area contributed by atoms with Crippen LogP contribution in [0.2, 0.25) is 0 Å². The Morgan fingerprint density at radius 2 is 1.87 bits per heavy atom. The van der Waals surface area contributed by atoms with Gasteiger partial charge in [-0.1, -0.05) is 50.2 Å². The number of hydrogen-bond donors (Lipinski definition) is 0. The largest absolute Gasteiger partial charge is 0.486 e. The van der Waals surface area contributed by atoms with Crippen LogP contribution in [-0.4, -0.2) is 36.1 Å². The summed E-state index contributed by atoms with van der Waals surface area (Å²) in [6, 6.07) is 15.8. The van der Waals surface area contributed by atoms with Crippen LogP contribution in [0, 0.1) is 6.92 Å². The maximum atomic E-state index is 13.1. The number of nitrogens with zero attached hydrogens (tertiary/aromatic N) is 2. The summed E-state index contributed by atoms with van der Waals surface area (Å²) in [4.78, 5) is 19.6. The number of methoxy groups -OCH3 is 1. The summed E-state index contributed by atoms with van der Waals surface area (Å²) in [6.45, 7) is 8.11. The van der Waals surface area contributed by atoms with Crippen LogP contribution in [0.25, 0.3) is 0 Å². The molecule has 0 saturated carbocycles. The fourth-order valence-electron chi connectivity index (χ4n) is 3.35. The summed E-state index contributed by atoms with van der Waals surface area (Å²) in [6.07, 6.45) is 0. The first-order valence-electron chi connectivity index (χ1n) is 10.5. The quantitative estimate of drug-likeness (QED) is 0.423. The molecule has 5 nitrogen and oxygen atoms in total. The number of ether oxygens (including phenoxy) is 2. The van der Waals surface area contributed by atoms with E-state index in [-0.39, 0.29) is 5.91 Å². The van der Waals surface area contributed by atoms with E-state index >= 15 is 0 Å². The number of carbonyl (C=O) groups is 1. The lowest BCUT2D eigenvalue weighted by atomic mass is 10.0. The number of hydrogen-bond acceptors (Lipinski definition) is 5. The van der Waals surface area contributed by atoms with Gasteiger partial charge in [-0.3, -0.25) is 4.79 Å². The first-order chi connectivity index (χ1) is 15.0. The highest BCUT2D eigenvalue weighted by Gasteiger charge is 2.19. The summed E-state index contributed by atoms with van der Waals surface area (Å²) < 4.78 is 11.3. The molecule has 1 amide bonds. The molecular formula is C25H30N2O3S. The van der Waals surface area contributed by atoms with Gasteiger partial charge in [0.1, 0.15) is 17.4 Å². The molecule has 0 fully saturated rings. The van der Waals surface area contributed by atoms with Crippen molar-refractivity contribution in [2.75, 3.05) is 20.3 Å².